The van der Waals surface area contributed by atoms with Crippen LogP contribution in [0.1, 0.15) is 18.9 Å². The van der Waals surface area contributed by atoms with Gasteiger partial charge in [-0.15, -0.1) is 0 Å². The Morgan fingerprint density at radius 3 is 3.06 bits per heavy atom. The average Bonchev–Trinajstić information content (AvgIpc) is 2.80. The zero-order valence-corrected chi connectivity index (χ0v) is 11.5. The molecule has 0 aliphatic carbocycles. The summed E-state index contributed by atoms with van der Waals surface area (Å²) in [5, 5.41) is 0.659. The van der Waals surface area contributed by atoms with Crippen LogP contribution in [0.25, 0.3) is 0 Å². The van der Waals surface area contributed by atoms with E-state index in [-0.39, 0.29) is 6.04 Å². The van der Waals surface area contributed by atoms with Crippen LogP contribution < -0.4 is 10.5 Å². The summed E-state index contributed by atoms with van der Waals surface area (Å²) in [6.07, 6.45) is 1.84. The quantitative estimate of drug-likeness (QED) is 0.894. The van der Waals surface area contributed by atoms with Crippen LogP contribution in [0.2, 0.25) is 5.02 Å². The third kappa shape index (κ3) is 3.61. The Labute approximate surface area is 113 Å². The fourth-order valence-electron chi connectivity index (χ4n) is 2.14. The van der Waals surface area contributed by atoms with Crippen LogP contribution in [0.3, 0.4) is 0 Å². The summed E-state index contributed by atoms with van der Waals surface area (Å²) in [7, 11) is 0. The highest BCUT2D eigenvalue weighted by molar-refractivity contribution is 6.32. The molecule has 2 rings (SSSR count). The second kappa shape index (κ2) is 6.41. The van der Waals surface area contributed by atoms with E-state index in [1.807, 2.05) is 25.1 Å². The number of para-hydroxylation sites is 1. The molecule has 3 nitrogen and oxygen atoms in total. The summed E-state index contributed by atoms with van der Waals surface area (Å²) in [6.45, 7) is 4.27. The third-order valence-electron chi connectivity index (χ3n) is 3.08. The standard InChI is InChI=1S/C14H20ClNO2/c1-10(16)7-12-3-2-4-13(15)14(12)18-9-11-5-6-17-8-11/h2-4,10-11H,5-9,16H2,1H3. The number of halogens is 1. The van der Waals surface area contributed by atoms with Crippen LogP contribution in [0.4, 0.5) is 0 Å². The summed E-state index contributed by atoms with van der Waals surface area (Å²) in [5.41, 5.74) is 6.92. The zero-order valence-electron chi connectivity index (χ0n) is 10.7. The molecule has 0 bridgehead atoms. The Morgan fingerprint density at radius 2 is 2.39 bits per heavy atom. The van der Waals surface area contributed by atoms with Gasteiger partial charge in [0.25, 0.3) is 0 Å². The molecule has 0 amide bonds. The smallest absolute Gasteiger partial charge is 0.141 e. The summed E-state index contributed by atoms with van der Waals surface area (Å²) in [6, 6.07) is 5.91. The van der Waals surface area contributed by atoms with Crippen molar-refractivity contribution < 1.29 is 9.47 Å². The first-order chi connectivity index (χ1) is 8.66. The maximum Gasteiger partial charge on any atom is 0.141 e. The first-order valence-corrected chi connectivity index (χ1v) is 6.78. The van der Waals surface area contributed by atoms with Crippen molar-refractivity contribution in [2.24, 2.45) is 11.7 Å². The summed E-state index contributed by atoms with van der Waals surface area (Å²) < 4.78 is 11.2. The number of nitrogens with two attached hydrogens (primary N) is 1. The van der Waals surface area contributed by atoms with Gasteiger partial charge >= 0.3 is 0 Å². The van der Waals surface area contributed by atoms with Crippen molar-refractivity contribution in [3.05, 3.63) is 28.8 Å². The van der Waals surface area contributed by atoms with E-state index in [2.05, 4.69) is 0 Å². The first-order valence-electron chi connectivity index (χ1n) is 6.40. The van der Waals surface area contributed by atoms with Crippen molar-refractivity contribution in [1.29, 1.82) is 0 Å². The molecule has 0 saturated carbocycles. The van der Waals surface area contributed by atoms with E-state index in [1.54, 1.807) is 0 Å². The lowest BCUT2D eigenvalue weighted by atomic mass is 10.1. The first kappa shape index (κ1) is 13.7. The predicted octanol–water partition coefficient (Wildman–Crippen LogP) is 2.65. The van der Waals surface area contributed by atoms with E-state index in [0.29, 0.717) is 17.5 Å². The molecule has 2 atom stereocenters. The van der Waals surface area contributed by atoms with Crippen LogP contribution in [0.15, 0.2) is 18.2 Å². The zero-order chi connectivity index (χ0) is 13.0. The van der Waals surface area contributed by atoms with Crippen LogP contribution >= 0.6 is 11.6 Å². The van der Waals surface area contributed by atoms with Gasteiger partial charge in [0.05, 0.1) is 18.2 Å². The molecule has 2 unspecified atom stereocenters. The molecule has 2 N–H and O–H groups in total. The average molecular weight is 270 g/mol. The Bertz CT molecular complexity index is 389. The van der Waals surface area contributed by atoms with Crippen molar-refractivity contribution >= 4 is 11.6 Å². The maximum atomic E-state index is 6.20. The highest BCUT2D eigenvalue weighted by atomic mass is 35.5. The van der Waals surface area contributed by atoms with Gasteiger partial charge in [0.15, 0.2) is 0 Å². The van der Waals surface area contributed by atoms with Crippen molar-refractivity contribution in [2.45, 2.75) is 25.8 Å². The second-order valence-corrected chi connectivity index (χ2v) is 5.36. The largest absolute Gasteiger partial charge is 0.491 e. The topological polar surface area (TPSA) is 44.5 Å². The minimum absolute atomic E-state index is 0.0978. The highest BCUT2D eigenvalue weighted by Gasteiger charge is 2.18. The van der Waals surface area contributed by atoms with Crippen LogP contribution in [-0.4, -0.2) is 25.9 Å². The summed E-state index contributed by atoms with van der Waals surface area (Å²) in [5.74, 6) is 1.26. The molecular formula is C14H20ClNO2. The van der Waals surface area contributed by atoms with E-state index >= 15 is 0 Å². The molecule has 1 saturated heterocycles. The predicted molar refractivity (Wildman–Crippen MR) is 73.2 cm³/mol. The van der Waals surface area contributed by atoms with Gasteiger partial charge in [-0.25, -0.2) is 0 Å². The van der Waals surface area contributed by atoms with Gasteiger partial charge in [0.2, 0.25) is 0 Å². The Hall–Kier alpha value is -0.770. The molecule has 1 heterocycles. The highest BCUT2D eigenvalue weighted by Crippen LogP contribution is 2.30. The lowest BCUT2D eigenvalue weighted by molar-refractivity contribution is 0.166. The number of ether oxygens (including phenoxy) is 2. The van der Waals surface area contributed by atoms with E-state index in [9.17, 15) is 0 Å². The van der Waals surface area contributed by atoms with E-state index in [0.717, 1.165) is 37.4 Å². The molecule has 1 aliphatic rings. The molecule has 1 aromatic carbocycles. The van der Waals surface area contributed by atoms with Gasteiger partial charge in [0.1, 0.15) is 5.75 Å². The van der Waals surface area contributed by atoms with Crippen molar-refractivity contribution in [2.75, 3.05) is 19.8 Å². The minimum Gasteiger partial charge on any atom is -0.491 e. The lowest BCUT2D eigenvalue weighted by Gasteiger charge is -2.16. The number of benzene rings is 1. The molecule has 4 heteroatoms. The monoisotopic (exact) mass is 269 g/mol. The summed E-state index contributed by atoms with van der Waals surface area (Å²) in [4.78, 5) is 0. The molecule has 1 aromatic rings. The van der Waals surface area contributed by atoms with Gasteiger partial charge in [-0.2, -0.15) is 0 Å². The van der Waals surface area contributed by atoms with Gasteiger partial charge in [-0.05, 0) is 31.4 Å². The van der Waals surface area contributed by atoms with Crippen molar-refractivity contribution in [1.82, 2.24) is 0 Å². The van der Waals surface area contributed by atoms with Gasteiger partial charge < -0.3 is 15.2 Å². The molecule has 0 spiro atoms. The van der Waals surface area contributed by atoms with Gasteiger partial charge in [-0.1, -0.05) is 23.7 Å². The fraction of sp³-hybridized carbons (Fsp3) is 0.571. The van der Waals surface area contributed by atoms with Gasteiger partial charge in [-0.3, -0.25) is 0 Å². The van der Waals surface area contributed by atoms with Crippen molar-refractivity contribution in [3.8, 4) is 5.75 Å². The van der Waals surface area contributed by atoms with E-state index < -0.39 is 0 Å². The second-order valence-electron chi connectivity index (χ2n) is 4.95. The molecule has 1 aliphatic heterocycles. The summed E-state index contributed by atoms with van der Waals surface area (Å²) >= 11 is 6.20. The van der Waals surface area contributed by atoms with Crippen LogP contribution in [0.5, 0.6) is 5.75 Å². The Kier molecular flexibility index (Phi) is 4.87. The lowest BCUT2D eigenvalue weighted by Crippen LogP contribution is -2.19. The van der Waals surface area contributed by atoms with Gasteiger partial charge in [0, 0.05) is 18.6 Å². The molecule has 0 radical (unpaired) electrons. The van der Waals surface area contributed by atoms with Crippen LogP contribution in [0, 0.1) is 5.92 Å². The molecule has 100 valence electrons. The molecule has 18 heavy (non-hydrogen) atoms. The maximum absolute atomic E-state index is 6.20. The number of rotatable bonds is 5. The van der Waals surface area contributed by atoms with E-state index in [1.165, 1.54) is 0 Å². The van der Waals surface area contributed by atoms with E-state index in [4.69, 9.17) is 26.8 Å². The molecule has 0 aromatic heterocycles. The minimum atomic E-state index is 0.0978. The Morgan fingerprint density at radius 1 is 1.56 bits per heavy atom. The van der Waals surface area contributed by atoms with Crippen LogP contribution in [-0.2, 0) is 11.2 Å². The number of hydrogen-bond acceptors (Lipinski definition) is 3. The SMILES string of the molecule is CC(N)Cc1cccc(Cl)c1OCC1CCOC1. The normalized spacial score (nSPS) is 20.9. The van der Waals surface area contributed by atoms with Crippen molar-refractivity contribution in [3.63, 3.8) is 0 Å². The fourth-order valence-corrected chi connectivity index (χ4v) is 2.39. The molecular weight excluding hydrogens is 250 g/mol. The Balaban J connectivity index is 2.04. The molecule has 1 fully saturated rings. The number of hydrogen-bond donors (Lipinski definition) is 1. The third-order valence-corrected chi connectivity index (χ3v) is 3.38.